The molecule has 6 N–H and O–H groups in total. The van der Waals surface area contributed by atoms with Crippen molar-refractivity contribution in [2.45, 2.75) is 12.8 Å². The van der Waals surface area contributed by atoms with Crippen LogP contribution in [0, 0.1) is 5.92 Å². The molecule has 106 valence electrons. The van der Waals surface area contributed by atoms with Gasteiger partial charge in [-0.1, -0.05) is 0 Å². The highest BCUT2D eigenvalue weighted by Crippen LogP contribution is 2.27. The number of hydrogen-bond acceptors (Lipinski definition) is 5. The summed E-state index contributed by atoms with van der Waals surface area (Å²) >= 11 is 0. The average Bonchev–Trinajstić information content (AvgIpc) is 2.54. The van der Waals surface area contributed by atoms with Crippen LogP contribution in [0.3, 0.4) is 0 Å². The molecule has 1 rings (SSSR count). The van der Waals surface area contributed by atoms with Crippen molar-refractivity contribution in [2.75, 3.05) is 12.5 Å². The molecule has 0 radical (unpaired) electrons. The predicted octanol–water partition coefficient (Wildman–Crippen LogP) is -1.93. The molecule has 0 heterocycles. The lowest BCUT2D eigenvalue weighted by Gasteiger charge is -1.77. The topological polar surface area (TPSA) is 183 Å². The quantitative estimate of drug-likeness (QED) is 0.470. The van der Waals surface area contributed by atoms with E-state index in [1.165, 1.54) is 0 Å². The third kappa shape index (κ3) is 68.5. The molecule has 9 nitrogen and oxygen atoms in total. The van der Waals surface area contributed by atoms with E-state index in [1.54, 1.807) is 0 Å². The zero-order valence-electron chi connectivity index (χ0n) is 9.32. The van der Waals surface area contributed by atoms with Crippen LogP contribution < -0.4 is 5.73 Å². The Balaban J connectivity index is -0.000000170. The Morgan fingerprint density at radius 1 is 1.06 bits per heavy atom. The first-order valence-electron chi connectivity index (χ1n) is 3.95. The van der Waals surface area contributed by atoms with Crippen LogP contribution in [0.1, 0.15) is 12.8 Å². The average molecular weight is 295 g/mol. The fourth-order valence-electron chi connectivity index (χ4n) is 0.368. The Bertz CT molecular complexity index is 361. The summed E-state index contributed by atoms with van der Waals surface area (Å²) in [4.78, 5) is 9.98. The molecule has 1 saturated carbocycles. The lowest BCUT2D eigenvalue weighted by atomic mass is 10.4. The van der Waals surface area contributed by atoms with E-state index < -0.39 is 20.2 Å². The maximum atomic E-state index is 9.98. The van der Waals surface area contributed by atoms with Crippen molar-refractivity contribution in [3.63, 3.8) is 0 Å². The molecule has 1 amide bonds. The number of nitrogens with two attached hydrogens (primary N) is 1. The molecule has 1 aliphatic rings. The van der Waals surface area contributed by atoms with Crippen molar-refractivity contribution in [1.82, 2.24) is 0 Å². The van der Waals surface area contributed by atoms with Gasteiger partial charge in [0.25, 0.3) is 20.2 Å². The van der Waals surface area contributed by atoms with Gasteiger partial charge in [-0.15, -0.1) is 0 Å². The monoisotopic (exact) mass is 295 g/mol. The van der Waals surface area contributed by atoms with Gasteiger partial charge in [0.2, 0.25) is 5.91 Å². The molecule has 1 fully saturated rings. The van der Waals surface area contributed by atoms with Crippen LogP contribution in [0.4, 0.5) is 0 Å². The normalized spacial score (nSPS) is 14.1. The van der Waals surface area contributed by atoms with Gasteiger partial charge in [0.1, 0.15) is 0 Å². The van der Waals surface area contributed by atoms with Crippen LogP contribution >= 0.6 is 0 Å². The van der Waals surface area contributed by atoms with Crippen molar-refractivity contribution in [3.8, 4) is 0 Å². The highest BCUT2D eigenvalue weighted by Gasteiger charge is 2.26. The van der Waals surface area contributed by atoms with E-state index in [1.807, 2.05) is 0 Å². The van der Waals surface area contributed by atoms with Gasteiger partial charge in [-0.2, -0.15) is 16.8 Å². The summed E-state index contributed by atoms with van der Waals surface area (Å²) in [5.74, 6) is 0.111. The molecule has 1 aliphatic carbocycles. The molecule has 17 heavy (non-hydrogen) atoms. The highest BCUT2D eigenvalue weighted by molar-refractivity contribution is 7.85. The molecule has 0 aromatic heterocycles. The highest BCUT2D eigenvalue weighted by atomic mass is 32.2. The van der Waals surface area contributed by atoms with Crippen molar-refractivity contribution < 1.29 is 36.2 Å². The van der Waals surface area contributed by atoms with Crippen LogP contribution in [0.25, 0.3) is 0 Å². The van der Waals surface area contributed by atoms with Gasteiger partial charge in [0, 0.05) is 5.92 Å². The molecular weight excluding hydrogens is 278 g/mol. The Hall–Kier alpha value is -0.750. The minimum atomic E-state index is -3.67. The molecule has 11 heteroatoms. The molecule has 0 aromatic rings. The van der Waals surface area contributed by atoms with Crippen LogP contribution in [-0.4, -0.2) is 49.8 Å². The SMILES string of the molecule is CS(=O)(=O)O.CS(=O)(=O)O.NC(=O)C1CC1.O. The molecule has 0 bridgehead atoms. The van der Waals surface area contributed by atoms with Crippen LogP contribution in [0.15, 0.2) is 0 Å². The fraction of sp³-hybridized carbons (Fsp3) is 0.833. The summed E-state index contributed by atoms with van der Waals surface area (Å²) in [6, 6.07) is 0. The Kier molecular flexibility index (Phi) is 10.6. The summed E-state index contributed by atoms with van der Waals surface area (Å²) in [6.45, 7) is 0. The van der Waals surface area contributed by atoms with E-state index in [9.17, 15) is 21.6 Å². The van der Waals surface area contributed by atoms with Crippen molar-refractivity contribution in [2.24, 2.45) is 11.7 Å². The molecule has 0 unspecified atom stereocenters. The van der Waals surface area contributed by atoms with Gasteiger partial charge in [-0.25, -0.2) is 0 Å². The molecule has 0 aliphatic heterocycles. The maximum absolute atomic E-state index is 9.98. The van der Waals surface area contributed by atoms with Gasteiger partial charge < -0.3 is 11.2 Å². The molecule has 0 aromatic carbocycles. The van der Waals surface area contributed by atoms with E-state index in [0.29, 0.717) is 12.5 Å². The summed E-state index contributed by atoms with van der Waals surface area (Å²) in [7, 11) is -7.33. The standard InChI is InChI=1S/C4H7NO.2CH4O3S.H2O/c5-4(6)3-1-2-3;2*1-5(2,3)4;/h3H,1-2H2,(H2,5,6);2*1H3,(H,2,3,4);1H2. The summed E-state index contributed by atoms with van der Waals surface area (Å²) in [5, 5.41) is 0. The van der Waals surface area contributed by atoms with Gasteiger partial charge in [-0.3, -0.25) is 13.9 Å². The molecule has 0 atom stereocenters. The summed E-state index contributed by atoms with van der Waals surface area (Å²) in [6.07, 6.45) is 3.48. The number of carbonyl (C=O) groups is 1. The van der Waals surface area contributed by atoms with E-state index in [4.69, 9.17) is 14.8 Å². The van der Waals surface area contributed by atoms with Crippen molar-refractivity contribution in [3.05, 3.63) is 0 Å². The first-order chi connectivity index (χ1) is 6.80. The van der Waals surface area contributed by atoms with Crippen LogP contribution in [-0.2, 0) is 25.0 Å². The number of carbonyl (C=O) groups excluding carboxylic acids is 1. The fourth-order valence-corrected chi connectivity index (χ4v) is 0.368. The van der Waals surface area contributed by atoms with Crippen LogP contribution in [0.2, 0.25) is 0 Å². The number of amides is 1. The van der Waals surface area contributed by atoms with E-state index in [0.717, 1.165) is 12.8 Å². The number of hydrogen-bond donors (Lipinski definition) is 3. The minimum Gasteiger partial charge on any atom is -0.412 e. The number of primary amides is 1. The molecular formula is C6H17NO8S2. The second-order valence-electron chi connectivity index (χ2n) is 3.14. The third-order valence-corrected chi connectivity index (χ3v) is 0.980. The van der Waals surface area contributed by atoms with Crippen molar-refractivity contribution in [1.29, 1.82) is 0 Å². The Morgan fingerprint density at radius 3 is 1.24 bits per heavy atom. The zero-order chi connectivity index (χ0) is 13.6. The predicted molar refractivity (Wildman–Crippen MR) is 60.5 cm³/mol. The Labute approximate surface area is 99.8 Å². The Morgan fingerprint density at radius 2 is 1.24 bits per heavy atom. The van der Waals surface area contributed by atoms with Gasteiger partial charge in [0.05, 0.1) is 12.5 Å². The smallest absolute Gasteiger partial charge is 0.261 e. The maximum Gasteiger partial charge on any atom is 0.261 e. The van der Waals surface area contributed by atoms with E-state index >= 15 is 0 Å². The largest absolute Gasteiger partial charge is 0.412 e. The second kappa shape index (κ2) is 8.36. The minimum absolute atomic E-state index is 0. The first kappa shape index (κ1) is 21.5. The zero-order valence-corrected chi connectivity index (χ0v) is 11.0. The van der Waals surface area contributed by atoms with Crippen molar-refractivity contribution >= 4 is 26.1 Å². The summed E-state index contributed by atoms with van der Waals surface area (Å²) < 4.78 is 51.7. The van der Waals surface area contributed by atoms with E-state index in [-0.39, 0.29) is 17.3 Å². The lowest BCUT2D eigenvalue weighted by Crippen LogP contribution is -2.11. The first-order valence-corrected chi connectivity index (χ1v) is 7.64. The lowest BCUT2D eigenvalue weighted by molar-refractivity contribution is -0.119. The van der Waals surface area contributed by atoms with Gasteiger partial charge in [0.15, 0.2) is 0 Å². The second-order valence-corrected chi connectivity index (χ2v) is 6.07. The van der Waals surface area contributed by atoms with Crippen LogP contribution in [0.5, 0.6) is 0 Å². The summed E-state index contributed by atoms with van der Waals surface area (Å²) in [5.41, 5.74) is 4.86. The molecule has 0 spiro atoms. The van der Waals surface area contributed by atoms with E-state index in [2.05, 4.69) is 0 Å². The van der Waals surface area contributed by atoms with Gasteiger partial charge in [-0.05, 0) is 12.8 Å². The van der Waals surface area contributed by atoms with Gasteiger partial charge >= 0.3 is 0 Å². The third-order valence-electron chi connectivity index (χ3n) is 0.980. The molecule has 0 saturated heterocycles. The number of rotatable bonds is 1.